The lowest BCUT2D eigenvalue weighted by molar-refractivity contribution is -0.121. The van der Waals surface area contributed by atoms with Crippen molar-refractivity contribution in [2.45, 2.75) is 0 Å². The number of nitrogens with one attached hydrogen (secondary N) is 1. The van der Waals surface area contributed by atoms with Crippen LogP contribution in [0.5, 0.6) is 0 Å². The maximum atomic E-state index is 12.8. The predicted octanol–water partition coefficient (Wildman–Crippen LogP) is 2.31. The number of pyridine rings is 1. The smallest absolute Gasteiger partial charge is 0.254 e. The molecule has 0 aliphatic heterocycles. The van der Waals surface area contributed by atoms with Crippen molar-refractivity contribution in [3.63, 3.8) is 0 Å². The molecule has 0 aliphatic carbocycles. The van der Waals surface area contributed by atoms with Gasteiger partial charge in [-0.1, -0.05) is 18.2 Å². The number of furan rings is 1. The summed E-state index contributed by atoms with van der Waals surface area (Å²) in [6, 6.07) is 12.7. The van der Waals surface area contributed by atoms with Crippen LogP contribution in [0, 0.1) is 0 Å². The first-order chi connectivity index (χ1) is 11.6. The number of carbonyl (C=O) groups excluding carboxylic acids is 2. The molecule has 0 unspecified atom stereocenters. The third-order valence-electron chi connectivity index (χ3n) is 3.73. The van der Waals surface area contributed by atoms with Gasteiger partial charge in [-0.15, -0.1) is 0 Å². The first-order valence-corrected chi connectivity index (χ1v) is 7.50. The molecule has 0 aliphatic rings. The minimum Gasteiger partial charge on any atom is -0.463 e. The lowest BCUT2D eigenvalue weighted by Crippen LogP contribution is -2.37. The zero-order chi connectivity index (χ0) is 17.1. The van der Waals surface area contributed by atoms with Crippen molar-refractivity contribution < 1.29 is 14.0 Å². The van der Waals surface area contributed by atoms with Gasteiger partial charge in [-0.25, -0.2) is 4.98 Å². The van der Waals surface area contributed by atoms with Crippen LogP contribution in [0.2, 0.25) is 0 Å². The van der Waals surface area contributed by atoms with Gasteiger partial charge < -0.3 is 14.6 Å². The number of fused-ring (bicyclic) bond motifs is 1. The molecule has 0 saturated carbocycles. The third kappa shape index (κ3) is 2.99. The van der Waals surface area contributed by atoms with Crippen LogP contribution in [-0.4, -0.2) is 42.3 Å². The van der Waals surface area contributed by atoms with Gasteiger partial charge in [-0.2, -0.15) is 0 Å². The molecule has 24 heavy (non-hydrogen) atoms. The Labute approximate surface area is 139 Å². The fourth-order valence-corrected chi connectivity index (χ4v) is 2.47. The van der Waals surface area contributed by atoms with Crippen molar-refractivity contribution in [2.24, 2.45) is 0 Å². The van der Waals surface area contributed by atoms with Crippen molar-refractivity contribution in [1.82, 2.24) is 15.2 Å². The van der Waals surface area contributed by atoms with Crippen molar-refractivity contribution >= 4 is 22.7 Å². The van der Waals surface area contributed by atoms with Crippen LogP contribution in [0.4, 0.5) is 0 Å². The van der Waals surface area contributed by atoms with Gasteiger partial charge in [0, 0.05) is 19.5 Å². The minimum atomic E-state index is -0.245. The van der Waals surface area contributed by atoms with Crippen molar-refractivity contribution in [1.29, 1.82) is 0 Å². The van der Waals surface area contributed by atoms with Crippen LogP contribution in [0.1, 0.15) is 10.4 Å². The van der Waals surface area contributed by atoms with E-state index >= 15 is 0 Å². The summed E-state index contributed by atoms with van der Waals surface area (Å²) in [5.41, 5.74) is 1.76. The van der Waals surface area contributed by atoms with E-state index in [1.165, 1.54) is 11.9 Å². The van der Waals surface area contributed by atoms with Crippen LogP contribution in [0.25, 0.3) is 22.4 Å². The molecule has 2 heterocycles. The van der Waals surface area contributed by atoms with E-state index in [1.54, 1.807) is 31.5 Å². The summed E-state index contributed by atoms with van der Waals surface area (Å²) in [6.07, 6.45) is 1.56. The lowest BCUT2D eigenvalue weighted by Gasteiger charge is -2.17. The predicted molar refractivity (Wildman–Crippen MR) is 90.5 cm³/mol. The molecule has 6 heteroatoms. The van der Waals surface area contributed by atoms with E-state index in [4.69, 9.17) is 4.42 Å². The Kier molecular flexibility index (Phi) is 4.29. The monoisotopic (exact) mass is 323 g/mol. The SMILES string of the molecule is CNC(=O)CN(C)C(=O)c1cc(-c2ccco2)nc2ccccc12. The molecule has 2 aromatic heterocycles. The van der Waals surface area contributed by atoms with E-state index in [0.29, 0.717) is 22.5 Å². The van der Waals surface area contributed by atoms with Crippen molar-refractivity contribution in [2.75, 3.05) is 20.6 Å². The molecule has 0 bridgehead atoms. The van der Waals surface area contributed by atoms with Gasteiger partial charge in [0.1, 0.15) is 5.69 Å². The summed E-state index contributed by atoms with van der Waals surface area (Å²) in [5, 5.41) is 3.25. The zero-order valence-electron chi connectivity index (χ0n) is 13.4. The summed E-state index contributed by atoms with van der Waals surface area (Å²) in [7, 11) is 3.14. The highest BCUT2D eigenvalue weighted by Gasteiger charge is 2.19. The van der Waals surface area contributed by atoms with Gasteiger partial charge >= 0.3 is 0 Å². The molecule has 0 atom stereocenters. The van der Waals surface area contributed by atoms with Gasteiger partial charge in [-0.05, 0) is 24.3 Å². The number of benzene rings is 1. The van der Waals surface area contributed by atoms with Gasteiger partial charge in [0.05, 0.1) is 23.9 Å². The molecule has 0 radical (unpaired) electrons. The number of nitrogens with zero attached hydrogens (tertiary/aromatic N) is 2. The normalized spacial score (nSPS) is 10.6. The Hall–Kier alpha value is -3.15. The molecule has 1 N–H and O–H groups in total. The molecule has 1 aromatic carbocycles. The second-order valence-corrected chi connectivity index (χ2v) is 5.38. The fourth-order valence-electron chi connectivity index (χ4n) is 2.47. The van der Waals surface area contributed by atoms with E-state index in [2.05, 4.69) is 10.3 Å². The Bertz CT molecular complexity index is 888. The van der Waals surface area contributed by atoms with Gasteiger partial charge in [0.15, 0.2) is 5.76 Å². The summed E-state index contributed by atoms with van der Waals surface area (Å²) < 4.78 is 5.39. The van der Waals surface area contributed by atoms with Crippen LogP contribution >= 0.6 is 0 Å². The van der Waals surface area contributed by atoms with E-state index in [0.717, 1.165) is 5.39 Å². The first-order valence-electron chi connectivity index (χ1n) is 7.50. The maximum Gasteiger partial charge on any atom is 0.254 e. The second kappa shape index (κ2) is 6.54. The molecule has 122 valence electrons. The van der Waals surface area contributed by atoms with Crippen molar-refractivity contribution in [3.05, 3.63) is 54.3 Å². The Morgan fingerprint density at radius 2 is 2.00 bits per heavy atom. The molecule has 0 spiro atoms. The molecule has 3 aromatic rings. The van der Waals surface area contributed by atoms with E-state index in [9.17, 15) is 9.59 Å². The highest BCUT2D eigenvalue weighted by molar-refractivity contribution is 6.07. The Balaban J connectivity index is 2.08. The van der Waals surface area contributed by atoms with E-state index < -0.39 is 0 Å². The Morgan fingerprint density at radius 3 is 2.71 bits per heavy atom. The number of hydrogen-bond donors (Lipinski definition) is 1. The number of carbonyl (C=O) groups is 2. The molecule has 0 saturated heterocycles. The summed E-state index contributed by atoms with van der Waals surface area (Å²) in [4.78, 5) is 30.3. The quantitative estimate of drug-likeness (QED) is 0.799. The van der Waals surface area contributed by atoms with E-state index in [1.807, 2.05) is 24.3 Å². The third-order valence-corrected chi connectivity index (χ3v) is 3.73. The van der Waals surface area contributed by atoms with Crippen LogP contribution in [-0.2, 0) is 4.79 Å². The zero-order valence-corrected chi connectivity index (χ0v) is 13.4. The molecule has 0 fully saturated rings. The van der Waals surface area contributed by atoms with E-state index in [-0.39, 0.29) is 18.4 Å². The van der Waals surface area contributed by atoms with Crippen molar-refractivity contribution in [3.8, 4) is 11.5 Å². The fraction of sp³-hybridized carbons (Fsp3) is 0.167. The molecular weight excluding hydrogens is 306 g/mol. The number of aromatic nitrogens is 1. The molecule has 2 amide bonds. The molecule has 6 nitrogen and oxygen atoms in total. The van der Waals surface area contributed by atoms with Gasteiger partial charge in [-0.3, -0.25) is 9.59 Å². The molecule has 3 rings (SSSR count). The maximum absolute atomic E-state index is 12.8. The van der Waals surface area contributed by atoms with Crippen LogP contribution in [0.3, 0.4) is 0 Å². The summed E-state index contributed by atoms with van der Waals surface area (Å²) >= 11 is 0. The Morgan fingerprint density at radius 1 is 1.21 bits per heavy atom. The van der Waals surface area contributed by atoms with Gasteiger partial charge in [0.25, 0.3) is 5.91 Å². The average Bonchev–Trinajstić information content (AvgIpc) is 3.14. The summed E-state index contributed by atoms with van der Waals surface area (Å²) in [5.74, 6) is 0.115. The number of hydrogen-bond acceptors (Lipinski definition) is 4. The first kappa shape index (κ1) is 15.7. The average molecular weight is 323 g/mol. The number of likely N-dealkylation sites (N-methyl/N-ethyl adjacent to an activating group) is 2. The number of amides is 2. The standard InChI is InChI=1S/C18H17N3O3/c1-19-17(22)11-21(2)18(23)13-10-15(16-8-5-9-24-16)20-14-7-4-3-6-12(13)14/h3-10H,11H2,1-2H3,(H,19,22). The lowest BCUT2D eigenvalue weighted by atomic mass is 10.1. The highest BCUT2D eigenvalue weighted by Crippen LogP contribution is 2.25. The highest BCUT2D eigenvalue weighted by atomic mass is 16.3. The van der Waals surface area contributed by atoms with Crippen LogP contribution in [0.15, 0.2) is 53.1 Å². The van der Waals surface area contributed by atoms with Crippen LogP contribution < -0.4 is 5.32 Å². The van der Waals surface area contributed by atoms with Gasteiger partial charge in [0.2, 0.25) is 5.91 Å². The second-order valence-electron chi connectivity index (χ2n) is 5.38. The number of rotatable bonds is 4. The number of para-hydroxylation sites is 1. The summed E-state index contributed by atoms with van der Waals surface area (Å²) in [6.45, 7) is -0.0118. The largest absolute Gasteiger partial charge is 0.463 e. The minimum absolute atomic E-state index is 0.0118. The molecular formula is C18H17N3O3. The topological polar surface area (TPSA) is 75.4 Å².